The molecule has 1 heterocycles. The lowest BCUT2D eigenvalue weighted by Gasteiger charge is -2.10. The van der Waals surface area contributed by atoms with E-state index in [1.54, 1.807) is 7.11 Å². The van der Waals surface area contributed by atoms with E-state index >= 15 is 0 Å². The molecule has 1 aromatic carbocycles. The highest BCUT2D eigenvalue weighted by Crippen LogP contribution is 2.33. The van der Waals surface area contributed by atoms with Crippen LogP contribution in [0.1, 0.15) is 19.4 Å². The van der Waals surface area contributed by atoms with Gasteiger partial charge in [-0.15, -0.1) is 0 Å². The number of hydrogen-bond donors (Lipinski definition) is 2. The smallest absolute Gasteiger partial charge is 0.328 e. The van der Waals surface area contributed by atoms with Crippen LogP contribution in [0.4, 0.5) is 0 Å². The second-order valence-electron chi connectivity index (χ2n) is 4.68. The summed E-state index contributed by atoms with van der Waals surface area (Å²) >= 11 is 0. The topological polar surface area (TPSA) is 62.3 Å². The number of rotatable bonds is 4. The Kier molecular flexibility index (Phi) is 3.60. The molecule has 0 saturated heterocycles. The normalized spacial score (nSPS) is 12.1. The third-order valence-corrected chi connectivity index (χ3v) is 3.11. The van der Waals surface area contributed by atoms with Gasteiger partial charge in [0.25, 0.3) is 0 Å². The van der Waals surface area contributed by atoms with Crippen LogP contribution in [-0.2, 0) is 4.79 Å². The van der Waals surface area contributed by atoms with Gasteiger partial charge in [0.05, 0.1) is 12.6 Å². The summed E-state index contributed by atoms with van der Waals surface area (Å²) in [7, 11) is 1.62. The minimum Gasteiger partial charge on any atom is -0.495 e. The molecule has 0 saturated carbocycles. The predicted octanol–water partition coefficient (Wildman–Crippen LogP) is 3.30. The maximum absolute atomic E-state index is 11.0. The molecule has 0 aliphatic carbocycles. The molecule has 2 aromatic rings. The van der Waals surface area contributed by atoms with Crippen molar-refractivity contribution < 1.29 is 14.6 Å². The van der Waals surface area contributed by atoms with Gasteiger partial charge in [0, 0.05) is 23.2 Å². The molecule has 0 radical (unpaired) electrons. The van der Waals surface area contributed by atoms with Crippen molar-refractivity contribution in [3.8, 4) is 5.75 Å². The highest BCUT2D eigenvalue weighted by molar-refractivity contribution is 6.00. The van der Waals surface area contributed by atoms with E-state index < -0.39 is 5.97 Å². The number of aromatic nitrogens is 1. The van der Waals surface area contributed by atoms with Gasteiger partial charge in [0.1, 0.15) is 5.75 Å². The van der Waals surface area contributed by atoms with Crippen molar-refractivity contribution in [1.82, 2.24) is 4.98 Å². The van der Waals surface area contributed by atoms with Crippen LogP contribution in [0.5, 0.6) is 5.75 Å². The summed E-state index contributed by atoms with van der Waals surface area (Å²) in [4.78, 5) is 14.1. The number of carboxylic acid groups (broad SMARTS) is 1. The van der Waals surface area contributed by atoms with Crippen LogP contribution in [0.25, 0.3) is 16.5 Å². The number of para-hydroxylation sites is 1. The third-order valence-electron chi connectivity index (χ3n) is 3.11. The molecular formula is C15H17NO3. The summed E-state index contributed by atoms with van der Waals surface area (Å²) in [6.07, 6.45) is 3.11. The molecule has 2 N–H and O–H groups in total. The lowest BCUT2D eigenvalue weighted by molar-refractivity contribution is -0.131. The molecule has 4 heteroatoms. The van der Waals surface area contributed by atoms with Gasteiger partial charge in [-0.25, -0.2) is 4.79 Å². The zero-order valence-electron chi connectivity index (χ0n) is 11.2. The summed E-state index contributed by atoms with van der Waals surface area (Å²) in [5.74, 6) is -0.0515. The van der Waals surface area contributed by atoms with E-state index in [1.807, 2.05) is 38.2 Å². The second-order valence-corrected chi connectivity index (χ2v) is 4.68. The first kappa shape index (κ1) is 13.2. The number of carboxylic acids is 1. The van der Waals surface area contributed by atoms with E-state index in [4.69, 9.17) is 9.84 Å². The van der Waals surface area contributed by atoms with Gasteiger partial charge in [-0.2, -0.15) is 0 Å². The standard InChI is InChI=1S/C15H17NO3/c1-9(2)11(7-14(17)18)12-8-16-15-10(12)5-4-6-13(15)19-3/h4-9,16H,1-3H3,(H,17,18)/b11-7+. The number of aliphatic carboxylic acids is 1. The molecule has 0 unspecified atom stereocenters. The van der Waals surface area contributed by atoms with Gasteiger partial charge in [-0.1, -0.05) is 26.0 Å². The number of benzene rings is 1. The monoisotopic (exact) mass is 259 g/mol. The van der Waals surface area contributed by atoms with E-state index in [2.05, 4.69) is 4.98 Å². The lowest BCUT2D eigenvalue weighted by Crippen LogP contribution is -1.98. The number of H-pyrrole nitrogens is 1. The number of methoxy groups -OCH3 is 1. The number of fused-ring (bicyclic) bond motifs is 1. The van der Waals surface area contributed by atoms with E-state index in [-0.39, 0.29) is 5.92 Å². The summed E-state index contributed by atoms with van der Waals surface area (Å²) in [5.41, 5.74) is 2.59. The molecule has 0 aliphatic rings. The molecule has 0 spiro atoms. The van der Waals surface area contributed by atoms with Crippen molar-refractivity contribution in [3.05, 3.63) is 36.0 Å². The van der Waals surface area contributed by atoms with Gasteiger partial charge in [0.2, 0.25) is 0 Å². The Labute approximate surface area is 111 Å². The Morgan fingerprint density at radius 2 is 2.16 bits per heavy atom. The van der Waals surface area contributed by atoms with Crippen LogP contribution >= 0.6 is 0 Å². The van der Waals surface area contributed by atoms with Crippen molar-refractivity contribution in [3.63, 3.8) is 0 Å². The minimum absolute atomic E-state index is 0.126. The van der Waals surface area contributed by atoms with Gasteiger partial charge < -0.3 is 14.8 Å². The molecule has 0 aliphatic heterocycles. The molecule has 0 fully saturated rings. The predicted molar refractivity (Wildman–Crippen MR) is 75.3 cm³/mol. The first-order valence-corrected chi connectivity index (χ1v) is 6.13. The van der Waals surface area contributed by atoms with Crippen LogP contribution < -0.4 is 4.74 Å². The quantitative estimate of drug-likeness (QED) is 0.828. The zero-order valence-corrected chi connectivity index (χ0v) is 11.2. The molecule has 19 heavy (non-hydrogen) atoms. The van der Waals surface area contributed by atoms with Crippen LogP contribution in [0.2, 0.25) is 0 Å². The van der Waals surface area contributed by atoms with Crippen LogP contribution in [0, 0.1) is 5.92 Å². The van der Waals surface area contributed by atoms with Gasteiger partial charge in [-0.3, -0.25) is 0 Å². The fourth-order valence-electron chi connectivity index (χ4n) is 2.22. The summed E-state index contributed by atoms with van der Waals surface area (Å²) in [6.45, 7) is 3.96. The number of hydrogen-bond acceptors (Lipinski definition) is 2. The van der Waals surface area contributed by atoms with E-state index in [0.717, 1.165) is 27.8 Å². The SMILES string of the molecule is COc1cccc2c(/C(=C/C(=O)O)C(C)C)c[nH]c12. The van der Waals surface area contributed by atoms with Crippen LogP contribution in [0.3, 0.4) is 0 Å². The molecular weight excluding hydrogens is 242 g/mol. The molecule has 2 rings (SSSR count). The van der Waals surface area contributed by atoms with Crippen LogP contribution in [-0.4, -0.2) is 23.2 Å². The van der Waals surface area contributed by atoms with Crippen LogP contribution in [0.15, 0.2) is 30.5 Å². The molecule has 0 atom stereocenters. The number of carbonyl (C=O) groups is 1. The Morgan fingerprint density at radius 3 is 2.74 bits per heavy atom. The fourth-order valence-corrected chi connectivity index (χ4v) is 2.22. The van der Waals surface area contributed by atoms with Crippen molar-refractivity contribution in [2.45, 2.75) is 13.8 Å². The molecule has 0 amide bonds. The maximum atomic E-state index is 11.0. The maximum Gasteiger partial charge on any atom is 0.328 e. The molecule has 100 valence electrons. The highest BCUT2D eigenvalue weighted by atomic mass is 16.5. The van der Waals surface area contributed by atoms with Gasteiger partial charge in [-0.05, 0) is 17.6 Å². The van der Waals surface area contributed by atoms with Crippen molar-refractivity contribution in [2.24, 2.45) is 5.92 Å². The van der Waals surface area contributed by atoms with Crippen molar-refractivity contribution in [2.75, 3.05) is 7.11 Å². The Balaban J connectivity index is 2.65. The summed E-state index contributed by atoms with van der Waals surface area (Å²) in [5, 5.41) is 9.97. The summed E-state index contributed by atoms with van der Waals surface area (Å²) < 4.78 is 5.30. The third kappa shape index (κ3) is 2.47. The van der Waals surface area contributed by atoms with Gasteiger partial charge >= 0.3 is 5.97 Å². The Morgan fingerprint density at radius 1 is 1.42 bits per heavy atom. The number of allylic oxidation sites excluding steroid dienone is 1. The minimum atomic E-state index is -0.930. The largest absolute Gasteiger partial charge is 0.495 e. The van der Waals surface area contributed by atoms with Crippen molar-refractivity contribution in [1.29, 1.82) is 0 Å². The Bertz CT molecular complexity index is 638. The van der Waals surface area contributed by atoms with E-state index in [9.17, 15) is 4.79 Å². The summed E-state index contributed by atoms with van der Waals surface area (Å²) in [6, 6.07) is 5.73. The highest BCUT2D eigenvalue weighted by Gasteiger charge is 2.15. The van der Waals surface area contributed by atoms with E-state index in [0.29, 0.717) is 0 Å². The van der Waals surface area contributed by atoms with Gasteiger partial charge in [0.15, 0.2) is 0 Å². The fraction of sp³-hybridized carbons (Fsp3) is 0.267. The number of nitrogens with one attached hydrogen (secondary N) is 1. The number of aromatic amines is 1. The second kappa shape index (κ2) is 5.18. The number of ether oxygens (including phenoxy) is 1. The first-order valence-electron chi connectivity index (χ1n) is 6.13. The molecule has 1 aromatic heterocycles. The molecule has 4 nitrogen and oxygen atoms in total. The Hall–Kier alpha value is -2.23. The lowest BCUT2D eigenvalue weighted by atomic mass is 9.94. The first-order chi connectivity index (χ1) is 9.04. The molecule has 0 bridgehead atoms. The average Bonchev–Trinajstić information content (AvgIpc) is 2.78. The average molecular weight is 259 g/mol. The van der Waals surface area contributed by atoms with E-state index in [1.165, 1.54) is 6.08 Å². The zero-order chi connectivity index (χ0) is 14.0. The van der Waals surface area contributed by atoms with Crippen molar-refractivity contribution >= 4 is 22.4 Å².